The Balaban J connectivity index is 1.61. The van der Waals surface area contributed by atoms with E-state index in [0.29, 0.717) is 31.6 Å². The highest BCUT2D eigenvalue weighted by Gasteiger charge is 2.31. The molecule has 2 fully saturated rings. The Bertz CT molecular complexity index is 497. The van der Waals surface area contributed by atoms with Crippen LogP contribution < -0.4 is 0 Å². The fraction of sp³-hybridized carbons (Fsp3) is 0.750. The van der Waals surface area contributed by atoms with E-state index in [1.54, 1.807) is 4.68 Å². The largest absolute Gasteiger partial charge is 0.394 e. The van der Waals surface area contributed by atoms with Crippen LogP contribution in [-0.4, -0.2) is 58.6 Å². The molecule has 0 saturated carbocycles. The Morgan fingerprint density at radius 2 is 2.18 bits per heavy atom. The summed E-state index contributed by atoms with van der Waals surface area (Å²) in [6.45, 7) is 3.67. The fourth-order valence-electron chi connectivity index (χ4n) is 3.44. The number of ether oxygens (including phenoxy) is 1. The lowest BCUT2D eigenvalue weighted by Crippen LogP contribution is -2.43. The van der Waals surface area contributed by atoms with E-state index in [1.165, 1.54) is 0 Å². The SMILES string of the molecule is O=C(C1CCOCC1)N1CCCC(c2ccn(CCO)n2)C1. The van der Waals surface area contributed by atoms with Crippen LogP contribution in [0.5, 0.6) is 0 Å². The molecule has 1 unspecified atom stereocenters. The van der Waals surface area contributed by atoms with Gasteiger partial charge in [0.05, 0.1) is 18.8 Å². The van der Waals surface area contributed by atoms with Crippen LogP contribution in [0.2, 0.25) is 0 Å². The van der Waals surface area contributed by atoms with Crippen molar-refractivity contribution < 1.29 is 14.6 Å². The Morgan fingerprint density at radius 1 is 1.36 bits per heavy atom. The van der Waals surface area contributed by atoms with Crippen molar-refractivity contribution in [1.82, 2.24) is 14.7 Å². The number of likely N-dealkylation sites (tertiary alicyclic amines) is 1. The number of amides is 1. The van der Waals surface area contributed by atoms with Crippen molar-refractivity contribution in [2.45, 2.75) is 38.1 Å². The molecule has 22 heavy (non-hydrogen) atoms. The van der Waals surface area contributed by atoms with Gasteiger partial charge in [-0.2, -0.15) is 5.10 Å². The van der Waals surface area contributed by atoms with Gasteiger partial charge in [-0.25, -0.2) is 0 Å². The number of aliphatic hydroxyl groups is 1. The second-order valence-electron chi connectivity index (χ2n) is 6.24. The van der Waals surface area contributed by atoms with E-state index >= 15 is 0 Å². The minimum Gasteiger partial charge on any atom is -0.394 e. The van der Waals surface area contributed by atoms with E-state index in [-0.39, 0.29) is 12.5 Å². The average molecular weight is 307 g/mol. The molecule has 6 nitrogen and oxygen atoms in total. The smallest absolute Gasteiger partial charge is 0.225 e. The van der Waals surface area contributed by atoms with E-state index in [2.05, 4.69) is 5.10 Å². The van der Waals surface area contributed by atoms with Crippen LogP contribution in [0.25, 0.3) is 0 Å². The molecular formula is C16H25N3O3. The molecule has 0 spiro atoms. The maximum absolute atomic E-state index is 12.6. The summed E-state index contributed by atoms with van der Waals surface area (Å²) in [5.41, 5.74) is 1.04. The first-order valence-corrected chi connectivity index (χ1v) is 8.28. The van der Waals surface area contributed by atoms with E-state index in [0.717, 1.165) is 44.5 Å². The molecule has 6 heteroatoms. The number of aromatic nitrogens is 2. The standard InChI is InChI=1S/C16H25N3O3/c20-9-8-19-7-3-15(17-19)14-2-1-6-18(12-14)16(21)13-4-10-22-11-5-13/h3,7,13-14,20H,1-2,4-6,8-12H2. The highest BCUT2D eigenvalue weighted by Crippen LogP contribution is 2.28. The summed E-state index contributed by atoms with van der Waals surface area (Å²) >= 11 is 0. The second kappa shape index (κ2) is 7.24. The summed E-state index contributed by atoms with van der Waals surface area (Å²) < 4.78 is 7.12. The first-order chi connectivity index (χ1) is 10.8. The molecule has 2 aliphatic rings. The van der Waals surface area contributed by atoms with Gasteiger partial charge < -0.3 is 14.7 Å². The first-order valence-electron chi connectivity index (χ1n) is 8.28. The van der Waals surface area contributed by atoms with Crippen LogP contribution in [0.1, 0.15) is 37.3 Å². The molecule has 1 aromatic heterocycles. The molecule has 3 heterocycles. The molecule has 1 atom stereocenters. The van der Waals surface area contributed by atoms with Crippen LogP contribution in [0, 0.1) is 5.92 Å². The van der Waals surface area contributed by atoms with Crippen molar-refractivity contribution in [3.05, 3.63) is 18.0 Å². The molecule has 1 N–H and O–H groups in total. The number of hydrogen-bond acceptors (Lipinski definition) is 4. The van der Waals surface area contributed by atoms with Crippen molar-refractivity contribution >= 4 is 5.91 Å². The topological polar surface area (TPSA) is 67.6 Å². The van der Waals surface area contributed by atoms with Gasteiger partial charge in [-0.1, -0.05) is 0 Å². The summed E-state index contributed by atoms with van der Waals surface area (Å²) in [5, 5.41) is 13.5. The molecular weight excluding hydrogens is 282 g/mol. The van der Waals surface area contributed by atoms with Crippen molar-refractivity contribution in [2.24, 2.45) is 5.92 Å². The van der Waals surface area contributed by atoms with Crippen LogP contribution in [0.3, 0.4) is 0 Å². The Labute approximate surface area is 131 Å². The maximum Gasteiger partial charge on any atom is 0.225 e. The number of carbonyl (C=O) groups is 1. The van der Waals surface area contributed by atoms with Gasteiger partial charge in [-0.05, 0) is 31.7 Å². The molecule has 122 valence electrons. The predicted molar refractivity (Wildman–Crippen MR) is 81.4 cm³/mol. The van der Waals surface area contributed by atoms with Gasteiger partial charge in [0.1, 0.15) is 0 Å². The number of carbonyl (C=O) groups excluding carboxylic acids is 1. The zero-order valence-corrected chi connectivity index (χ0v) is 13.0. The molecule has 0 bridgehead atoms. The van der Waals surface area contributed by atoms with Crippen molar-refractivity contribution in [2.75, 3.05) is 32.9 Å². The van der Waals surface area contributed by atoms with Gasteiger partial charge in [-0.15, -0.1) is 0 Å². The minimum atomic E-state index is 0.0974. The number of piperidine rings is 1. The number of rotatable bonds is 4. The van der Waals surface area contributed by atoms with E-state index < -0.39 is 0 Å². The summed E-state index contributed by atoms with van der Waals surface area (Å²) in [6.07, 6.45) is 5.72. The van der Waals surface area contributed by atoms with Gasteiger partial charge in [-0.3, -0.25) is 9.48 Å². The lowest BCUT2D eigenvalue weighted by molar-refractivity contribution is -0.139. The normalized spacial score (nSPS) is 23.7. The zero-order valence-electron chi connectivity index (χ0n) is 13.0. The van der Waals surface area contributed by atoms with Crippen molar-refractivity contribution in [3.8, 4) is 0 Å². The van der Waals surface area contributed by atoms with Crippen molar-refractivity contribution in [1.29, 1.82) is 0 Å². The Hall–Kier alpha value is -1.40. The van der Waals surface area contributed by atoms with Crippen LogP contribution in [0.15, 0.2) is 12.3 Å². The predicted octanol–water partition coefficient (Wildman–Crippen LogP) is 1.01. The zero-order chi connectivity index (χ0) is 15.4. The third-order valence-electron chi connectivity index (χ3n) is 4.71. The average Bonchev–Trinajstić information content (AvgIpc) is 3.04. The van der Waals surface area contributed by atoms with Gasteiger partial charge in [0, 0.05) is 44.3 Å². The van der Waals surface area contributed by atoms with Crippen molar-refractivity contribution in [3.63, 3.8) is 0 Å². The van der Waals surface area contributed by atoms with Crippen LogP contribution >= 0.6 is 0 Å². The number of hydrogen-bond donors (Lipinski definition) is 1. The van der Waals surface area contributed by atoms with E-state index in [9.17, 15) is 4.79 Å². The lowest BCUT2D eigenvalue weighted by Gasteiger charge is -2.35. The van der Waals surface area contributed by atoms with E-state index in [4.69, 9.17) is 9.84 Å². The maximum atomic E-state index is 12.6. The van der Waals surface area contributed by atoms with Crippen LogP contribution in [0.4, 0.5) is 0 Å². The van der Waals surface area contributed by atoms with Gasteiger partial charge in [0.2, 0.25) is 5.91 Å². The Morgan fingerprint density at radius 3 is 2.95 bits per heavy atom. The van der Waals surface area contributed by atoms with E-state index in [1.807, 2.05) is 17.2 Å². The summed E-state index contributed by atoms with van der Waals surface area (Å²) in [7, 11) is 0. The molecule has 1 aromatic rings. The van der Waals surface area contributed by atoms with Crippen LogP contribution in [-0.2, 0) is 16.1 Å². The molecule has 3 rings (SSSR count). The highest BCUT2D eigenvalue weighted by molar-refractivity contribution is 5.79. The molecule has 2 aliphatic heterocycles. The quantitative estimate of drug-likeness (QED) is 0.901. The number of aliphatic hydroxyl groups excluding tert-OH is 1. The molecule has 0 radical (unpaired) electrons. The summed E-state index contributed by atoms with van der Waals surface area (Å²) in [5.74, 6) is 0.750. The first kappa shape index (κ1) is 15.5. The number of nitrogens with zero attached hydrogens (tertiary/aromatic N) is 3. The molecule has 0 aliphatic carbocycles. The van der Waals surface area contributed by atoms with Gasteiger partial charge in [0.25, 0.3) is 0 Å². The third kappa shape index (κ3) is 3.50. The summed E-state index contributed by atoms with van der Waals surface area (Å²) in [6, 6.07) is 2.02. The Kier molecular flexibility index (Phi) is 5.10. The molecule has 0 aromatic carbocycles. The lowest BCUT2D eigenvalue weighted by atomic mass is 9.92. The minimum absolute atomic E-state index is 0.0974. The van der Waals surface area contributed by atoms with Gasteiger partial charge in [0.15, 0.2) is 0 Å². The third-order valence-corrected chi connectivity index (χ3v) is 4.71. The molecule has 1 amide bonds. The second-order valence-corrected chi connectivity index (χ2v) is 6.24. The fourth-order valence-corrected chi connectivity index (χ4v) is 3.44. The molecule has 2 saturated heterocycles. The summed E-state index contributed by atoms with van der Waals surface area (Å²) in [4.78, 5) is 14.7. The van der Waals surface area contributed by atoms with Gasteiger partial charge >= 0.3 is 0 Å². The highest BCUT2D eigenvalue weighted by atomic mass is 16.5. The monoisotopic (exact) mass is 307 g/mol.